The number of thiophene rings is 3. The number of rotatable bonds is 3. The van der Waals surface area contributed by atoms with E-state index in [-0.39, 0.29) is 87.5 Å². The molecule has 6 N–H and O–H groups in total. The second-order valence-electron chi connectivity index (χ2n) is 20.2. The zero-order valence-electron chi connectivity index (χ0n) is 37.7. The Hall–Kier alpha value is -1.29. The van der Waals surface area contributed by atoms with Crippen molar-refractivity contribution < 1.29 is 95.0 Å². The van der Waals surface area contributed by atoms with Crippen molar-refractivity contribution >= 4 is 93.4 Å². The average Bonchev–Trinajstić information content (AvgIpc) is 3.90. The average molecular weight is 983 g/mol. The molecule has 6 aromatic rings. The largest absolute Gasteiger partial charge is 0.477 e. The van der Waals surface area contributed by atoms with Gasteiger partial charge in [-0.1, -0.05) is 62.3 Å². The summed E-state index contributed by atoms with van der Waals surface area (Å²) in [7, 11) is 0. The second kappa shape index (κ2) is 21.3. The smallest absolute Gasteiger partial charge is 0.345 e. The summed E-state index contributed by atoms with van der Waals surface area (Å²) in [5, 5.41) is 11.8. The van der Waals surface area contributed by atoms with E-state index < -0.39 is 11.2 Å². The van der Waals surface area contributed by atoms with Crippen molar-refractivity contribution in [1.29, 1.82) is 0 Å². The molecule has 0 spiro atoms. The number of hydrogen-bond donors (Lipinski definition) is 3. The number of fused-ring (bicyclic) bond motifs is 6. The Morgan fingerprint density at radius 1 is 0.571 bits per heavy atom. The van der Waals surface area contributed by atoms with Crippen LogP contribution in [-0.4, -0.2) is 37.2 Å². The summed E-state index contributed by atoms with van der Waals surface area (Å²) >= 11 is 9.63. The van der Waals surface area contributed by atoms with Crippen molar-refractivity contribution in [3.8, 4) is 0 Å². The van der Waals surface area contributed by atoms with Crippen LogP contribution in [0.25, 0.3) is 30.6 Å². The monoisotopic (exact) mass is 981 g/mol. The van der Waals surface area contributed by atoms with Gasteiger partial charge in [-0.2, -0.15) is 0 Å². The van der Waals surface area contributed by atoms with Crippen molar-refractivity contribution in [2.45, 2.75) is 120 Å². The van der Waals surface area contributed by atoms with Crippen LogP contribution in [0.4, 0.5) is 0 Å². The SMILES string of the molecule is CC(C)(C)C1CCc2nc3sc(C(=O)Cl)cc3cc2C1.CC(C)(C)C1CCc2nc3sc(C(=O)O)cc3cc2C1.CC(C)(C)C1CCc2nc3sc(C(N)=O)cc3cc2C1.N.[Ar].[Ar]. The first-order chi connectivity index (χ1) is 28.0. The van der Waals surface area contributed by atoms with Crippen molar-refractivity contribution in [2.24, 2.45) is 39.7 Å². The molecule has 0 fully saturated rings. The van der Waals surface area contributed by atoms with Crippen LogP contribution in [0.3, 0.4) is 0 Å². The van der Waals surface area contributed by atoms with Crippen molar-refractivity contribution in [3.05, 3.63) is 84.8 Å². The molecule has 0 aliphatic heterocycles. The van der Waals surface area contributed by atoms with Crippen LogP contribution in [0, 0.1) is 109 Å². The van der Waals surface area contributed by atoms with E-state index in [4.69, 9.17) is 37.4 Å². The van der Waals surface area contributed by atoms with Gasteiger partial charge in [-0.25, -0.2) is 19.7 Å². The van der Waals surface area contributed by atoms with E-state index in [2.05, 4.69) is 80.5 Å². The third-order valence-electron chi connectivity index (χ3n) is 12.9. The van der Waals surface area contributed by atoms with Crippen LogP contribution < -0.4 is 11.9 Å². The molecule has 0 saturated heterocycles. The number of halogens is 1. The Morgan fingerprint density at radius 2 is 0.873 bits per heavy atom. The van der Waals surface area contributed by atoms with Gasteiger partial charge in [-0.15, -0.1) is 34.0 Å². The van der Waals surface area contributed by atoms with E-state index in [1.807, 2.05) is 12.1 Å². The molecule has 0 saturated carbocycles. The van der Waals surface area contributed by atoms with Crippen molar-refractivity contribution in [1.82, 2.24) is 21.1 Å². The molecule has 3 unspecified atom stereocenters. The summed E-state index contributed by atoms with van der Waals surface area (Å²) in [6.45, 7) is 20.7. The summed E-state index contributed by atoms with van der Waals surface area (Å²) in [5.74, 6) is 0.842. The zero-order chi connectivity index (χ0) is 43.5. The first-order valence-electron chi connectivity index (χ1n) is 21.0. The van der Waals surface area contributed by atoms with Gasteiger partial charge in [0.15, 0.2) is 0 Å². The predicted molar refractivity (Wildman–Crippen MR) is 254 cm³/mol. The molecule has 0 radical (unpaired) electrons. The molecule has 6 aromatic heterocycles. The standard InChI is InChI=1S/C16H18ClNOS.C16H20N2OS.C16H19NO2S.2Ar.H3N/c2*1-16(2,3)11-4-5-12-9(7-11)6-10-8-13(14(17)19)20-15(10)18-12;1-16(2,3)11-4-5-12-9(7-11)6-10-8-13(15(18)19)20-14(10)17-12;;;/h6,8,11H,4-5,7H2,1-3H3;6,8,11H,4-5,7H2,1-3H3,(H2,17,19);6,8,11H,4-5,7H2,1-3H3,(H,18,19);;;1H3. The van der Waals surface area contributed by atoms with Crippen LogP contribution in [0.5, 0.6) is 0 Å². The Kier molecular flexibility index (Phi) is 18.4. The fourth-order valence-electron chi connectivity index (χ4n) is 8.91. The number of amides is 1. The molecule has 3 atom stereocenters. The molecule has 3 aliphatic carbocycles. The number of primary amides is 1. The molecule has 0 aromatic carbocycles. The van der Waals surface area contributed by atoms with Crippen LogP contribution >= 0.6 is 45.6 Å². The molecule has 9 nitrogen and oxygen atoms in total. The van der Waals surface area contributed by atoms with Crippen LogP contribution in [0.2, 0.25) is 0 Å². The third-order valence-corrected chi connectivity index (χ3v) is 16.4. The normalized spacial score (nSPS) is 18.2. The number of hydrogen-bond acceptors (Lipinski definition) is 10. The van der Waals surface area contributed by atoms with Gasteiger partial charge in [-0.3, -0.25) is 9.59 Å². The number of carboxylic acids is 1. The van der Waals surface area contributed by atoms with E-state index in [1.54, 1.807) is 6.07 Å². The minimum absolute atomic E-state index is 0. The summed E-state index contributed by atoms with van der Waals surface area (Å²) < 4.78 is 0. The maximum absolute atomic E-state index is 11.3. The van der Waals surface area contributed by atoms with Gasteiger partial charge in [0.25, 0.3) is 11.1 Å². The fourth-order valence-corrected chi connectivity index (χ4v) is 11.7. The molecule has 6 heterocycles. The van der Waals surface area contributed by atoms with Crippen LogP contribution in [-0.2, 0) is 38.5 Å². The number of aromatic carboxylic acids is 1. The van der Waals surface area contributed by atoms with Gasteiger partial charge in [0.05, 0.1) is 9.75 Å². The quantitative estimate of drug-likeness (QED) is 0.147. The number of pyridine rings is 3. The van der Waals surface area contributed by atoms with E-state index in [1.165, 1.54) is 81.4 Å². The summed E-state index contributed by atoms with van der Waals surface area (Å²) in [5.41, 5.74) is 13.9. The molecule has 9 rings (SSSR count). The van der Waals surface area contributed by atoms with Crippen molar-refractivity contribution in [3.63, 3.8) is 0 Å². The van der Waals surface area contributed by atoms with E-state index >= 15 is 0 Å². The topological polar surface area (TPSA) is 171 Å². The van der Waals surface area contributed by atoms with Gasteiger partial charge in [0.1, 0.15) is 19.4 Å². The molecule has 63 heavy (non-hydrogen) atoms. The molecule has 3 aliphatic rings. The Morgan fingerprint density at radius 3 is 1.17 bits per heavy atom. The maximum Gasteiger partial charge on any atom is 0.345 e. The van der Waals surface area contributed by atoms with E-state index in [9.17, 15) is 14.4 Å². The number of nitrogens with zero attached hydrogens (tertiary/aromatic N) is 3. The van der Waals surface area contributed by atoms with E-state index in [0.717, 1.165) is 74.9 Å². The first kappa shape index (κ1) is 54.3. The Labute approximate surface area is 448 Å². The second-order valence-corrected chi connectivity index (χ2v) is 23.6. The van der Waals surface area contributed by atoms with Gasteiger partial charge >= 0.3 is 5.97 Å². The minimum atomic E-state index is -0.862. The summed E-state index contributed by atoms with van der Waals surface area (Å²) in [4.78, 5) is 52.1. The number of aryl methyl sites for hydroxylation is 3. The van der Waals surface area contributed by atoms with Gasteiger partial charge in [0, 0.05) is 109 Å². The number of carbonyl (C=O) groups excluding carboxylic acids is 2. The first-order valence-corrected chi connectivity index (χ1v) is 23.9. The fraction of sp³-hybridized carbons (Fsp3) is 0.500. The number of nitrogens with two attached hydrogens (primary N) is 1. The third kappa shape index (κ3) is 12.8. The molecular weight excluding hydrogens is 922 g/mol. The molecule has 1 amide bonds. The summed E-state index contributed by atoms with van der Waals surface area (Å²) in [6, 6.07) is 12.0. The van der Waals surface area contributed by atoms with E-state index in [0.29, 0.717) is 48.6 Å². The number of aromatic nitrogens is 3. The maximum atomic E-state index is 11.3. The molecule has 0 bridgehead atoms. The predicted octanol–water partition coefficient (Wildman–Crippen LogP) is 12.7. The van der Waals surface area contributed by atoms with Gasteiger partial charge < -0.3 is 17.0 Å². The molecule has 342 valence electrons. The Bertz CT molecular complexity index is 2350. The van der Waals surface area contributed by atoms with Crippen LogP contribution in [0.1, 0.15) is 144 Å². The van der Waals surface area contributed by atoms with Gasteiger partial charge in [0.2, 0.25) is 0 Å². The minimum Gasteiger partial charge on any atom is -0.477 e. The van der Waals surface area contributed by atoms with Gasteiger partial charge in [-0.05, 0) is 156 Å². The summed E-state index contributed by atoms with van der Waals surface area (Å²) in [6.07, 6.45) is 9.88. The van der Waals surface area contributed by atoms with Crippen LogP contribution in [0.15, 0.2) is 36.4 Å². The van der Waals surface area contributed by atoms with Crippen molar-refractivity contribution in [2.75, 3.05) is 0 Å². The molecule has 15 heteroatoms. The zero-order valence-corrected chi connectivity index (χ0v) is 42.3. The number of carboxylic acid groups (broad SMARTS) is 1. The molecular formula is C48H60Ar2ClN5O4S3. The number of carbonyl (C=O) groups is 3. The Balaban J connectivity index is 0.000000203.